The van der Waals surface area contributed by atoms with Gasteiger partial charge in [0.05, 0.1) is 11.3 Å². The second-order valence-corrected chi connectivity index (χ2v) is 11.1. The minimum absolute atomic E-state index is 0.0155. The molecule has 3 N–H and O–H groups in total. The van der Waals surface area contributed by atoms with Gasteiger partial charge >= 0.3 is 0 Å². The molecule has 0 radical (unpaired) electrons. The van der Waals surface area contributed by atoms with E-state index in [0.717, 1.165) is 41.9 Å². The summed E-state index contributed by atoms with van der Waals surface area (Å²) in [6, 6.07) is 8.00. The van der Waals surface area contributed by atoms with Crippen molar-refractivity contribution < 1.29 is 4.79 Å². The highest BCUT2D eigenvalue weighted by atomic mass is 32.2. The number of nitrogen functional groups attached to an aromatic ring is 1. The third-order valence-corrected chi connectivity index (χ3v) is 8.83. The lowest BCUT2D eigenvalue weighted by atomic mass is 9.53. The zero-order chi connectivity index (χ0) is 21.6. The standard InChI is InChI=1S/C23H23N5OS2/c24-10-16-20(18-2-1-3-30-18)17(11-25)22(27-21(16)26)31-12-19(29)28-23-7-13-4-14(8-23)6-15(5-13)9-23/h1-3,13-15H,4-9,12H2,(H2,26,27)(H,28,29). The number of nitrogens with one attached hydrogen (secondary N) is 1. The molecule has 31 heavy (non-hydrogen) atoms. The molecule has 4 aliphatic carbocycles. The van der Waals surface area contributed by atoms with Gasteiger partial charge < -0.3 is 11.1 Å². The lowest BCUT2D eigenvalue weighted by Crippen LogP contribution is -2.60. The number of hydrogen-bond donors (Lipinski definition) is 2. The predicted molar refractivity (Wildman–Crippen MR) is 121 cm³/mol. The summed E-state index contributed by atoms with van der Waals surface area (Å²) in [5.74, 6) is 2.54. The number of hydrogen-bond acceptors (Lipinski definition) is 7. The number of anilines is 1. The van der Waals surface area contributed by atoms with E-state index in [9.17, 15) is 15.3 Å². The van der Waals surface area contributed by atoms with Crippen LogP contribution in [-0.2, 0) is 4.79 Å². The largest absolute Gasteiger partial charge is 0.383 e. The Morgan fingerprint density at radius 2 is 1.84 bits per heavy atom. The maximum absolute atomic E-state index is 12.9. The second kappa shape index (κ2) is 7.85. The Bertz CT molecular complexity index is 1080. The smallest absolute Gasteiger partial charge is 0.230 e. The number of carbonyl (C=O) groups excluding carboxylic acids is 1. The molecule has 158 valence electrons. The van der Waals surface area contributed by atoms with Crippen LogP contribution in [0.3, 0.4) is 0 Å². The molecular weight excluding hydrogens is 426 g/mol. The van der Waals surface area contributed by atoms with Gasteiger partial charge in [-0.2, -0.15) is 10.5 Å². The number of nitrogens with two attached hydrogens (primary N) is 1. The highest BCUT2D eigenvalue weighted by molar-refractivity contribution is 8.00. The van der Waals surface area contributed by atoms with Crippen LogP contribution in [0.2, 0.25) is 0 Å². The summed E-state index contributed by atoms with van der Waals surface area (Å²) in [6.45, 7) is 0. The summed E-state index contributed by atoms with van der Waals surface area (Å²) in [4.78, 5) is 18.0. The third kappa shape index (κ3) is 3.69. The van der Waals surface area contributed by atoms with Crippen molar-refractivity contribution in [2.24, 2.45) is 17.8 Å². The van der Waals surface area contributed by atoms with Crippen LogP contribution in [0.25, 0.3) is 10.4 Å². The van der Waals surface area contributed by atoms with Gasteiger partial charge in [0.25, 0.3) is 0 Å². The predicted octanol–water partition coefficient (Wildman–Crippen LogP) is 4.31. The monoisotopic (exact) mass is 449 g/mol. The first kappa shape index (κ1) is 20.4. The molecule has 2 heterocycles. The van der Waals surface area contributed by atoms with Crippen molar-refractivity contribution in [1.29, 1.82) is 10.5 Å². The first-order chi connectivity index (χ1) is 15.0. The Labute approximate surface area is 189 Å². The summed E-state index contributed by atoms with van der Waals surface area (Å²) in [5.41, 5.74) is 7.04. The molecule has 6 nitrogen and oxygen atoms in total. The van der Waals surface area contributed by atoms with E-state index in [1.807, 2.05) is 17.5 Å². The van der Waals surface area contributed by atoms with Gasteiger partial charge in [-0.15, -0.1) is 11.3 Å². The fraction of sp³-hybridized carbons (Fsp3) is 0.478. The number of amides is 1. The average molecular weight is 450 g/mol. The van der Waals surface area contributed by atoms with Gasteiger partial charge in [-0.1, -0.05) is 17.8 Å². The minimum Gasteiger partial charge on any atom is -0.383 e. The van der Waals surface area contributed by atoms with Crippen LogP contribution < -0.4 is 11.1 Å². The van der Waals surface area contributed by atoms with Crippen molar-refractivity contribution in [3.8, 4) is 22.6 Å². The molecule has 4 aliphatic rings. The molecule has 0 atom stereocenters. The normalized spacial score (nSPS) is 28.1. The molecule has 4 fully saturated rings. The lowest BCUT2D eigenvalue weighted by Gasteiger charge is -2.56. The average Bonchev–Trinajstić information content (AvgIpc) is 3.24. The lowest BCUT2D eigenvalue weighted by molar-refractivity contribution is -0.124. The van der Waals surface area contributed by atoms with Crippen molar-refractivity contribution >= 4 is 34.8 Å². The van der Waals surface area contributed by atoms with Gasteiger partial charge in [-0.25, -0.2) is 4.98 Å². The fourth-order valence-corrected chi connectivity index (χ4v) is 7.88. The number of thioether (sulfide) groups is 1. The van der Waals surface area contributed by atoms with E-state index in [1.165, 1.54) is 42.4 Å². The summed E-state index contributed by atoms with van der Waals surface area (Å²) in [6.07, 6.45) is 7.29. The van der Waals surface area contributed by atoms with Crippen molar-refractivity contribution in [1.82, 2.24) is 10.3 Å². The Hall–Kier alpha value is -2.55. The Morgan fingerprint density at radius 1 is 1.19 bits per heavy atom. The van der Waals surface area contributed by atoms with E-state index in [0.29, 0.717) is 16.2 Å². The van der Waals surface area contributed by atoms with Gasteiger partial charge in [0.2, 0.25) is 5.91 Å². The van der Waals surface area contributed by atoms with Crippen molar-refractivity contribution in [2.75, 3.05) is 11.5 Å². The molecule has 2 aromatic heterocycles. The molecule has 6 rings (SSSR count). The van der Waals surface area contributed by atoms with Crippen molar-refractivity contribution in [3.05, 3.63) is 28.6 Å². The zero-order valence-corrected chi connectivity index (χ0v) is 18.7. The first-order valence-electron chi connectivity index (χ1n) is 10.6. The number of nitriles is 2. The Morgan fingerprint density at radius 3 is 2.39 bits per heavy atom. The van der Waals surface area contributed by atoms with Gasteiger partial charge in [-0.3, -0.25) is 4.79 Å². The zero-order valence-electron chi connectivity index (χ0n) is 17.1. The van der Waals surface area contributed by atoms with E-state index in [4.69, 9.17) is 5.73 Å². The molecule has 4 bridgehead atoms. The number of rotatable bonds is 5. The highest BCUT2D eigenvalue weighted by Gasteiger charge is 2.51. The molecule has 1 amide bonds. The fourth-order valence-electron chi connectivity index (χ4n) is 6.30. The summed E-state index contributed by atoms with van der Waals surface area (Å²) < 4.78 is 0. The number of thiophene rings is 1. The number of pyridine rings is 1. The van der Waals surface area contributed by atoms with Gasteiger partial charge in [0.15, 0.2) is 0 Å². The number of aromatic nitrogens is 1. The second-order valence-electron chi connectivity index (χ2n) is 9.16. The van der Waals surface area contributed by atoms with Gasteiger partial charge in [0, 0.05) is 16.0 Å². The quantitative estimate of drug-likeness (QED) is 0.657. The summed E-state index contributed by atoms with van der Waals surface area (Å²) in [7, 11) is 0. The summed E-state index contributed by atoms with van der Waals surface area (Å²) in [5, 5.41) is 25.1. The molecule has 4 saturated carbocycles. The molecule has 0 unspecified atom stereocenters. The van der Waals surface area contributed by atoms with E-state index in [2.05, 4.69) is 22.4 Å². The van der Waals surface area contributed by atoms with Crippen LogP contribution in [0.15, 0.2) is 22.5 Å². The van der Waals surface area contributed by atoms with Crippen LogP contribution in [-0.4, -0.2) is 22.2 Å². The molecule has 2 aromatic rings. The van der Waals surface area contributed by atoms with Gasteiger partial charge in [0.1, 0.15) is 28.5 Å². The van der Waals surface area contributed by atoms with Crippen molar-refractivity contribution in [3.63, 3.8) is 0 Å². The first-order valence-corrected chi connectivity index (χ1v) is 12.5. The number of nitrogens with zero attached hydrogens (tertiary/aromatic N) is 3. The third-order valence-electron chi connectivity index (χ3n) is 6.97. The Balaban J connectivity index is 1.36. The van der Waals surface area contributed by atoms with Crippen LogP contribution in [0, 0.1) is 40.4 Å². The van der Waals surface area contributed by atoms with Gasteiger partial charge in [-0.05, 0) is 67.7 Å². The molecular formula is C23H23N5OS2. The highest BCUT2D eigenvalue weighted by Crippen LogP contribution is 2.55. The van der Waals surface area contributed by atoms with E-state index >= 15 is 0 Å². The molecule has 8 heteroatoms. The molecule has 0 aliphatic heterocycles. The summed E-state index contributed by atoms with van der Waals surface area (Å²) >= 11 is 2.66. The molecule has 0 aromatic carbocycles. The topological polar surface area (TPSA) is 116 Å². The maximum Gasteiger partial charge on any atom is 0.230 e. The van der Waals surface area contributed by atoms with Crippen LogP contribution in [0.1, 0.15) is 49.7 Å². The van der Waals surface area contributed by atoms with Crippen LogP contribution in [0.4, 0.5) is 5.82 Å². The minimum atomic E-state index is -0.0380. The van der Waals surface area contributed by atoms with Crippen LogP contribution >= 0.6 is 23.1 Å². The van der Waals surface area contributed by atoms with E-state index in [-0.39, 0.29) is 28.6 Å². The van der Waals surface area contributed by atoms with Crippen LogP contribution in [0.5, 0.6) is 0 Å². The number of carbonyl (C=O) groups is 1. The molecule has 0 saturated heterocycles. The maximum atomic E-state index is 12.9. The van der Waals surface area contributed by atoms with Crippen molar-refractivity contribution in [2.45, 2.75) is 49.1 Å². The van der Waals surface area contributed by atoms with E-state index < -0.39 is 0 Å². The SMILES string of the molecule is N#Cc1c(N)nc(SCC(=O)NC23CC4CC(CC(C4)C2)C3)c(C#N)c1-c1cccs1. The Kier molecular flexibility index (Phi) is 5.16. The van der Waals surface area contributed by atoms with E-state index in [1.54, 1.807) is 0 Å². The molecule has 0 spiro atoms.